The molecule has 0 saturated heterocycles. The SMILES string of the molecule is Nc1cncc(Nc2cc(F)cc(Cl)c2)c1. The van der Waals surface area contributed by atoms with Gasteiger partial charge in [0, 0.05) is 16.9 Å². The van der Waals surface area contributed by atoms with Crippen molar-refractivity contribution in [1.82, 2.24) is 4.98 Å². The van der Waals surface area contributed by atoms with Crippen LogP contribution in [0.4, 0.5) is 21.5 Å². The van der Waals surface area contributed by atoms with E-state index < -0.39 is 5.82 Å². The van der Waals surface area contributed by atoms with Gasteiger partial charge < -0.3 is 11.1 Å². The lowest BCUT2D eigenvalue weighted by atomic mass is 10.3. The van der Waals surface area contributed by atoms with Gasteiger partial charge in [0.05, 0.1) is 17.6 Å². The number of halogens is 2. The molecule has 0 amide bonds. The third-order valence-electron chi connectivity index (χ3n) is 1.91. The average Bonchev–Trinajstić information content (AvgIpc) is 2.15. The van der Waals surface area contributed by atoms with Gasteiger partial charge in [-0.1, -0.05) is 11.6 Å². The molecule has 0 atom stereocenters. The second kappa shape index (κ2) is 4.37. The molecule has 0 aliphatic rings. The molecule has 0 spiro atoms. The summed E-state index contributed by atoms with van der Waals surface area (Å²) in [6.45, 7) is 0. The van der Waals surface area contributed by atoms with Crippen molar-refractivity contribution in [1.29, 1.82) is 0 Å². The zero-order chi connectivity index (χ0) is 11.5. The number of aromatic nitrogens is 1. The van der Waals surface area contributed by atoms with Crippen LogP contribution in [0.5, 0.6) is 0 Å². The standard InChI is InChI=1S/C11H9ClFN3/c12-7-1-8(13)3-10(2-7)16-11-4-9(14)5-15-6-11/h1-6,16H,14H2. The number of hydrogen-bond acceptors (Lipinski definition) is 3. The largest absolute Gasteiger partial charge is 0.397 e. The number of nitrogens with one attached hydrogen (secondary N) is 1. The van der Waals surface area contributed by atoms with Gasteiger partial charge in [-0.15, -0.1) is 0 Å². The maximum Gasteiger partial charge on any atom is 0.126 e. The minimum absolute atomic E-state index is 0.333. The van der Waals surface area contributed by atoms with Gasteiger partial charge in [0.1, 0.15) is 5.82 Å². The summed E-state index contributed by atoms with van der Waals surface area (Å²) in [5.74, 6) is -0.396. The highest BCUT2D eigenvalue weighted by Gasteiger charge is 2.00. The van der Waals surface area contributed by atoms with E-state index >= 15 is 0 Å². The van der Waals surface area contributed by atoms with Crippen LogP contribution in [-0.4, -0.2) is 4.98 Å². The Bertz CT molecular complexity index is 496. The number of benzene rings is 1. The van der Waals surface area contributed by atoms with Gasteiger partial charge in [-0.3, -0.25) is 4.98 Å². The summed E-state index contributed by atoms with van der Waals surface area (Å²) in [4.78, 5) is 3.91. The van der Waals surface area contributed by atoms with E-state index in [-0.39, 0.29) is 0 Å². The molecule has 3 nitrogen and oxygen atoms in total. The second-order valence-corrected chi connectivity index (χ2v) is 3.73. The Morgan fingerprint density at radius 3 is 2.62 bits per heavy atom. The van der Waals surface area contributed by atoms with Gasteiger partial charge in [-0.25, -0.2) is 4.39 Å². The molecule has 5 heteroatoms. The van der Waals surface area contributed by atoms with Gasteiger partial charge in [0.15, 0.2) is 0 Å². The fraction of sp³-hybridized carbons (Fsp3) is 0. The molecule has 1 aromatic carbocycles. The number of nitrogens with two attached hydrogens (primary N) is 1. The summed E-state index contributed by atoms with van der Waals surface area (Å²) in [5.41, 5.74) is 7.34. The van der Waals surface area contributed by atoms with Crippen LogP contribution < -0.4 is 11.1 Å². The van der Waals surface area contributed by atoms with E-state index in [2.05, 4.69) is 10.3 Å². The van der Waals surface area contributed by atoms with E-state index in [9.17, 15) is 4.39 Å². The van der Waals surface area contributed by atoms with Crippen molar-refractivity contribution >= 4 is 28.7 Å². The summed E-state index contributed by atoms with van der Waals surface area (Å²) in [6, 6.07) is 5.90. The molecule has 0 radical (unpaired) electrons. The van der Waals surface area contributed by atoms with Crippen LogP contribution in [0.2, 0.25) is 5.02 Å². The van der Waals surface area contributed by atoms with Crippen LogP contribution in [0.1, 0.15) is 0 Å². The van der Waals surface area contributed by atoms with E-state index in [1.54, 1.807) is 18.3 Å². The van der Waals surface area contributed by atoms with Gasteiger partial charge in [0.2, 0.25) is 0 Å². The van der Waals surface area contributed by atoms with Gasteiger partial charge in [-0.05, 0) is 24.3 Å². The third-order valence-corrected chi connectivity index (χ3v) is 2.13. The van der Waals surface area contributed by atoms with E-state index in [0.29, 0.717) is 22.1 Å². The maximum absolute atomic E-state index is 13.0. The molecule has 0 fully saturated rings. The van der Waals surface area contributed by atoms with Crippen molar-refractivity contribution in [2.24, 2.45) is 0 Å². The van der Waals surface area contributed by atoms with Crippen LogP contribution in [0.25, 0.3) is 0 Å². The lowest BCUT2D eigenvalue weighted by molar-refractivity contribution is 0.628. The summed E-state index contributed by atoms with van der Waals surface area (Å²) in [6.07, 6.45) is 3.12. The first-order valence-corrected chi connectivity index (χ1v) is 4.95. The molecule has 0 bridgehead atoms. The molecule has 0 saturated carbocycles. The highest BCUT2D eigenvalue weighted by molar-refractivity contribution is 6.30. The normalized spacial score (nSPS) is 10.1. The Labute approximate surface area is 97.1 Å². The van der Waals surface area contributed by atoms with Crippen molar-refractivity contribution in [3.8, 4) is 0 Å². The molecule has 16 heavy (non-hydrogen) atoms. The number of anilines is 3. The maximum atomic E-state index is 13.0. The first kappa shape index (κ1) is 10.7. The van der Waals surface area contributed by atoms with Gasteiger partial charge in [-0.2, -0.15) is 0 Å². The van der Waals surface area contributed by atoms with Crippen molar-refractivity contribution in [2.45, 2.75) is 0 Å². The second-order valence-electron chi connectivity index (χ2n) is 3.29. The number of hydrogen-bond donors (Lipinski definition) is 2. The Kier molecular flexibility index (Phi) is 2.92. The number of nitrogen functional groups attached to an aromatic ring is 1. The molecule has 2 aromatic rings. The summed E-state index contributed by atoms with van der Waals surface area (Å²) < 4.78 is 13.0. The quantitative estimate of drug-likeness (QED) is 0.843. The van der Waals surface area contributed by atoms with E-state index in [0.717, 1.165) is 0 Å². The average molecular weight is 238 g/mol. The van der Waals surface area contributed by atoms with Gasteiger partial charge in [0.25, 0.3) is 0 Å². The van der Waals surface area contributed by atoms with E-state index in [1.165, 1.54) is 18.3 Å². The first-order chi connectivity index (χ1) is 7.63. The highest BCUT2D eigenvalue weighted by Crippen LogP contribution is 2.22. The number of pyridine rings is 1. The lowest BCUT2D eigenvalue weighted by Gasteiger charge is -2.07. The first-order valence-electron chi connectivity index (χ1n) is 4.57. The molecule has 82 valence electrons. The van der Waals surface area contributed by atoms with E-state index in [1.807, 2.05) is 0 Å². The molecular formula is C11H9ClFN3. The summed E-state index contributed by atoms with van der Waals surface area (Å²) in [5, 5.41) is 3.29. The molecule has 2 rings (SSSR count). The Hall–Kier alpha value is -1.81. The topological polar surface area (TPSA) is 50.9 Å². The molecule has 0 aliphatic carbocycles. The molecule has 1 heterocycles. The van der Waals surface area contributed by atoms with Gasteiger partial charge >= 0.3 is 0 Å². The Morgan fingerprint density at radius 2 is 1.94 bits per heavy atom. The third kappa shape index (κ3) is 2.61. The molecular weight excluding hydrogens is 229 g/mol. The van der Waals surface area contributed by atoms with Crippen molar-refractivity contribution < 1.29 is 4.39 Å². The van der Waals surface area contributed by atoms with Crippen molar-refractivity contribution in [2.75, 3.05) is 11.1 Å². The Morgan fingerprint density at radius 1 is 1.12 bits per heavy atom. The minimum Gasteiger partial charge on any atom is -0.397 e. The number of rotatable bonds is 2. The fourth-order valence-corrected chi connectivity index (χ4v) is 1.54. The smallest absolute Gasteiger partial charge is 0.126 e. The van der Waals surface area contributed by atoms with Crippen LogP contribution in [0.15, 0.2) is 36.7 Å². The zero-order valence-electron chi connectivity index (χ0n) is 8.24. The predicted octanol–water partition coefficient (Wildman–Crippen LogP) is 3.20. The van der Waals surface area contributed by atoms with Crippen LogP contribution in [0, 0.1) is 5.82 Å². The van der Waals surface area contributed by atoms with Crippen LogP contribution >= 0.6 is 11.6 Å². The summed E-state index contributed by atoms with van der Waals surface area (Å²) in [7, 11) is 0. The monoisotopic (exact) mass is 237 g/mol. The summed E-state index contributed by atoms with van der Waals surface area (Å²) >= 11 is 5.73. The fourth-order valence-electron chi connectivity index (χ4n) is 1.32. The van der Waals surface area contributed by atoms with Crippen LogP contribution in [-0.2, 0) is 0 Å². The molecule has 1 aromatic heterocycles. The molecule has 0 aliphatic heterocycles. The predicted molar refractivity (Wildman–Crippen MR) is 63.3 cm³/mol. The molecule has 3 N–H and O–H groups in total. The number of nitrogens with zero attached hydrogens (tertiary/aromatic N) is 1. The van der Waals surface area contributed by atoms with E-state index in [4.69, 9.17) is 17.3 Å². The Balaban J connectivity index is 2.27. The van der Waals surface area contributed by atoms with Crippen LogP contribution in [0.3, 0.4) is 0 Å². The van der Waals surface area contributed by atoms with Crippen molar-refractivity contribution in [3.05, 3.63) is 47.5 Å². The lowest BCUT2D eigenvalue weighted by Crippen LogP contribution is -1.94. The highest BCUT2D eigenvalue weighted by atomic mass is 35.5. The molecule has 0 unspecified atom stereocenters. The minimum atomic E-state index is -0.396. The zero-order valence-corrected chi connectivity index (χ0v) is 9.00. The van der Waals surface area contributed by atoms with Crippen molar-refractivity contribution in [3.63, 3.8) is 0 Å².